The summed E-state index contributed by atoms with van der Waals surface area (Å²) in [4.78, 5) is 11.9. The molecule has 1 aromatic carbocycles. The summed E-state index contributed by atoms with van der Waals surface area (Å²) >= 11 is 5.31. The number of anilines is 1. The van der Waals surface area contributed by atoms with E-state index in [-0.39, 0.29) is 5.92 Å². The second-order valence-electron chi connectivity index (χ2n) is 4.10. The van der Waals surface area contributed by atoms with E-state index < -0.39 is 5.91 Å². The van der Waals surface area contributed by atoms with Crippen LogP contribution in [0, 0.1) is 5.92 Å². The fraction of sp³-hybridized carbons (Fsp3) is 0.0769. The highest BCUT2D eigenvalue weighted by molar-refractivity contribution is 7.80. The molecule has 0 radical (unpaired) electrons. The Balaban J connectivity index is 2.15. The number of benzene rings is 1. The van der Waals surface area contributed by atoms with Crippen molar-refractivity contribution in [2.24, 2.45) is 11.7 Å². The van der Waals surface area contributed by atoms with E-state index in [1.165, 1.54) is 5.57 Å². The molecule has 84 valence electrons. The van der Waals surface area contributed by atoms with Gasteiger partial charge in [0.25, 0.3) is 0 Å². The number of primary amides is 1. The van der Waals surface area contributed by atoms with Gasteiger partial charge in [0.15, 0.2) is 0 Å². The van der Waals surface area contributed by atoms with Crippen LogP contribution in [0.25, 0.3) is 5.57 Å². The Morgan fingerprint density at radius 1 is 1.41 bits per heavy atom. The van der Waals surface area contributed by atoms with Crippen LogP contribution in [0.1, 0.15) is 15.9 Å². The van der Waals surface area contributed by atoms with Gasteiger partial charge in [-0.2, -0.15) is 0 Å². The van der Waals surface area contributed by atoms with E-state index in [4.69, 9.17) is 18.0 Å². The zero-order valence-corrected chi connectivity index (χ0v) is 9.75. The van der Waals surface area contributed by atoms with Crippen LogP contribution in [0.5, 0.6) is 0 Å². The molecule has 0 saturated carbocycles. The quantitative estimate of drug-likeness (QED) is 0.742. The third-order valence-electron chi connectivity index (χ3n) is 3.07. The van der Waals surface area contributed by atoms with Gasteiger partial charge in [-0.25, -0.2) is 0 Å². The molecule has 4 heteroatoms. The van der Waals surface area contributed by atoms with Gasteiger partial charge < -0.3 is 11.1 Å². The van der Waals surface area contributed by atoms with Crippen molar-refractivity contribution in [1.29, 1.82) is 0 Å². The van der Waals surface area contributed by atoms with Gasteiger partial charge in [-0.15, -0.1) is 0 Å². The molecule has 3 N–H and O–H groups in total. The summed E-state index contributed by atoms with van der Waals surface area (Å²) in [5.74, 6) is -0.266. The van der Waals surface area contributed by atoms with Gasteiger partial charge in [0.2, 0.25) is 5.91 Å². The summed E-state index contributed by atoms with van der Waals surface area (Å²) < 4.78 is 0. The second-order valence-corrected chi connectivity index (χ2v) is 4.54. The highest BCUT2D eigenvalue weighted by Gasteiger charge is 2.28. The molecule has 0 fully saturated rings. The molecule has 2 aliphatic rings. The number of hydrogen-bond donors (Lipinski definition) is 2. The monoisotopic (exact) mass is 242 g/mol. The van der Waals surface area contributed by atoms with Gasteiger partial charge in [-0.3, -0.25) is 4.79 Å². The van der Waals surface area contributed by atoms with Crippen LogP contribution in [0.15, 0.2) is 36.4 Å². The van der Waals surface area contributed by atoms with Gasteiger partial charge in [0.1, 0.15) is 0 Å². The molecule has 17 heavy (non-hydrogen) atoms. The zero-order valence-electron chi connectivity index (χ0n) is 8.94. The fourth-order valence-electron chi connectivity index (χ4n) is 2.23. The van der Waals surface area contributed by atoms with Crippen LogP contribution in [-0.4, -0.2) is 10.9 Å². The number of thiocarbonyl (C=S) groups is 1. The minimum atomic E-state index is -0.429. The van der Waals surface area contributed by atoms with Crippen LogP contribution in [-0.2, 0) is 0 Å². The maximum atomic E-state index is 11.1. The van der Waals surface area contributed by atoms with Crippen molar-refractivity contribution in [2.45, 2.75) is 0 Å². The Kier molecular flexibility index (Phi) is 2.12. The number of rotatable bonds is 1. The predicted octanol–water partition coefficient (Wildman–Crippen LogP) is 2.11. The third kappa shape index (κ3) is 1.49. The first kappa shape index (κ1) is 10.2. The Morgan fingerprint density at radius 3 is 3.00 bits per heavy atom. The number of hydrogen-bond acceptors (Lipinski definition) is 2. The molecule has 1 aromatic rings. The maximum Gasteiger partial charge on any atom is 0.248 e. The molecule has 0 bridgehead atoms. The summed E-state index contributed by atoms with van der Waals surface area (Å²) in [6, 6.07) is 5.41. The molecule has 3 rings (SSSR count). The van der Waals surface area contributed by atoms with Gasteiger partial charge in [-0.05, 0) is 17.7 Å². The van der Waals surface area contributed by atoms with Crippen LogP contribution < -0.4 is 11.1 Å². The minimum Gasteiger partial charge on any atom is -0.366 e. The second kappa shape index (κ2) is 3.53. The van der Waals surface area contributed by atoms with Crippen LogP contribution in [0.2, 0.25) is 0 Å². The average Bonchev–Trinajstić information content (AvgIpc) is 2.78. The van der Waals surface area contributed by atoms with Crippen molar-refractivity contribution in [3.63, 3.8) is 0 Å². The molecule has 0 aromatic heterocycles. The van der Waals surface area contributed by atoms with E-state index in [2.05, 4.69) is 17.5 Å². The summed E-state index contributed by atoms with van der Waals surface area (Å²) in [5, 5.41) is 3.16. The summed E-state index contributed by atoms with van der Waals surface area (Å²) in [6.07, 6.45) is 6.13. The third-order valence-corrected chi connectivity index (χ3v) is 3.43. The Bertz CT molecular complexity index is 601. The number of carbonyl (C=O) groups excluding carboxylic acids is 1. The van der Waals surface area contributed by atoms with Gasteiger partial charge in [0.05, 0.1) is 10.9 Å². The van der Waals surface area contributed by atoms with Crippen molar-refractivity contribution < 1.29 is 4.79 Å². The highest BCUT2D eigenvalue weighted by atomic mass is 32.1. The van der Waals surface area contributed by atoms with E-state index in [9.17, 15) is 4.79 Å². The highest BCUT2D eigenvalue weighted by Crippen LogP contribution is 2.39. The standard InChI is InChI=1S/C13H10N2OS/c14-12(16)7-4-5-9-8-2-1-3-10(8)13(17)15-11(9)6-7/h1-6,10H,(H2,14,16)(H,15,17). The fourth-order valence-corrected chi connectivity index (χ4v) is 2.54. The van der Waals surface area contributed by atoms with E-state index in [1.807, 2.05) is 12.1 Å². The Labute approximate surface area is 104 Å². The van der Waals surface area contributed by atoms with Gasteiger partial charge in [0, 0.05) is 16.8 Å². The molecular formula is C13H10N2OS. The number of carbonyl (C=O) groups is 1. The maximum absolute atomic E-state index is 11.1. The molecule has 3 nitrogen and oxygen atoms in total. The van der Waals surface area contributed by atoms with Crippen LogP contribution in [0.4, 0.5) is 5.69 Å². The van der Waals surface area contributed by atoms with Crippen molar-refractivity contribution in [1.82, 2.24) is 0 Å². The van der Waals surface area contributed by atoms with Crippen molar-refractivity contribution >= 4 is 34.4 Å². The van der Waals surface area contributed by atoms with E-state index in [0.29, 0.717) is 5.56 Å². The lowest BCUT2D eigenvalue weighted by molar-refractivity contribution is 0.100. The van der Waals surface area contributed by atoms with Crippen LogP contribution in [0.3, 0.4) is 0 Å². The first-order valence-electron chi connectivity index (χ1n) is 5.30. The minimum absolute atomic E-state index is 0.164. The molecule has 1 aliphatic heterocycles. The lowest BCUT2D eigenvalue weighted by Gasteiger charge is -2.26. The predicted molar refractivity (Wildman–Crippen MR) is 71.8 cm³/mol. The topological polar surface area (TPSA) is 55.1 Å². The number of fused-ring (bicyclic) bond motifs is 3. The summed E-state index contributed by atoms with van der Waals surface area (Å²) in [6.45, 7) is 0. The lowest BCUT2D eigenvalue weighted by atomic mass is 9.89. The summed E-state index contributed by atoms with van der Waals surface area (Å²) in [5.41, 5.74) is 8.87. The van der Waals surface area contributed by atoms with Gasteiger partial charge >= 0.3 is 0 Å². The van der Waals surface area contributed by atoms with Crippen LogP contribution >= 0.6 is 12.2 Å². The van der Waals surface area contributed by atoms with Gasteiger partial charge in [-0.1, -0.05) is 36.5 Å². The number of allylic oxidation sites excluding steroid dienone is 2. The number of nitrogens with one attached hydrogen (secondary N) is 1. The van der Waals surface area contributed by atoms with Crippen molar-refractivity contribution in [3.05, 3.63) is 47.6 Å². The molecule has 0 spiro atoms. The Morgan fingerprint density at radius 2 is 2.24 bits per heavy atom. The SMILES string of the molecule is NC(=O)c1ccc2c(c1)NC(=S)C1C=CC=C21. The van der Waals surface area contributed by atoms with E-state index in [0.717, 1.165) is 16.2 Å². The normalized spacial score (nSPS) is 20.4. The van der Waals surface area contributed by atoms with E-state index >= 15 is 0 Å². The zero-order chi connectivity index (χ0) is 12.0. The molecular weight excluding hydrogens is 232 g/mol. The molecule has 1 unspecified atom stereocenters. The lowest BCUT2D eigenvalue weighted by Crippen LogP contribution is -2.25. The molecule has 1 aliphatic carbocycles. The first-order valence-corrected chi connectivity index (χ1v) is 5.71. The molecule has 1 atom stereocenters. The van der Waals surface area contributed by atoms with Crippen molar-refractivity contribution in [2.75, 3.05) is 5.32 Å². The van der Waals surface area contributed by atoms with Crippen molar-refractivity contribution in [3.8, 4) is 0 Å². The molecule has 0 saturated heterocycles. The number of nitrogens with two attached hydrogens (primary N) is 1. The molecule has 1 amide bonds. The average molecular weight is 242 g/mol. The Hall–Kier alpha value is -1.94. The first-order chi connectivity index (χ1) is 8.16. The van der Waals surface area contributed by atoms with E-state index in [1.54, 1.807) is 12.1 Å². The molecule has 1 heterocycles. The smallest absolute Gasteiger partial charge is 0.248 e. The summed E-state index contributed by atoms with van der Waals surface area (Å²) in [7, 11) is 0. The largest absolute Gasteiger partial charge is 0.366 e. The number of amides is 1.